The zero-order chi connectivity index (χ0) is 10.2. The average Bonchev–Trinajstić information content (AvgIpc) is 1.52. The molecule has 9 heteroatoms. The standard InChI is InChI=1S/C3H3F5O3S/c4-2(5,6)1-3(7,8)12(9,10)11/h1H2,(H,9,10,11)/p-1. The van der Waals surface area contributed by atoms with Crippen molar-refractivity contribution in [3.05, 3.63) is 0 Å². The molecule has 0 aliphatic rings. The topological polar surface area (TPSA) is 57.2 Å². The normalized spacial score (nSPS) is 14.8. The fraction of sp³-hybridized carbons (Fsp3) is 1.00. The SMILES string of the molecule is O=S(=O)([O-])C(F)(F)CC(F)(F)F. The molecule has 12 heavy (non-hydrogen) atoms. The van der Waals surface area contributed by atoms with Crippen LogP contribution in [0.4, 0.5) is 22.0 Å². The molecule has 0 saturated heterocycles. The van der Waals surface area contributed by atoms with Crippen LogP contribution < -0.4 is 0 Å². The Bertz CT molecular complexity index is 252. The summed E-state index contributed by atoms with van der Waals surface area (Å²) in [5, 5.41) is -5.29. The Labute approximate surface area is 63.9 Å². The van der Waals surface area contributed by atoms with E-state index in [1.165, 1.54) is 0 Å². The molecule has 0 N–H and O–H groups in total. The molecule has 0 unspecified atom stereocenters. The molecular weight excluding hydrogens is 211 g/mol. The Kier molecular flexibility index (Phi) is 2.70. The molecule has 0 rings (SSSR count). The third-order valence-electron chi connectivity index (χ3n) is 0.772. The number of alkyl halides is 5. The zero-order valence-electron chi connectivity index (χ0n) is 5.23. The molecule has 0 aromatic carbocycles. The minimum atomic E-state index is -6.24. The van der Waals surface area contributed by atoms with Gasteiger partial charge in [0.25, 0.3) is 0 Å². The van der Waals surface area contributed by atoms with Crippen LogP contribution in [0.5, 0.6) is 0 Å². The molecule has 0 amide bonds. The van der Waals surface area contributed by atoms with Gasteiger partial charge in [-0.1, -0.05) is 0 Å². The molecule has 0 radical (unpaired) electrons. The summed E-state index contributed by atoms with van der Waals surface area (Å²) in [6.45, 7) is 0. The molecule has 0 aromatic rings. The van der Waals surface area contributed by atoms with E-state index in [4.69, 9.17) is 0 Å². The molecule has 0 spiro atoms. The lowest BCUT2D eigenvalue weighted by atomic mass is 10.4. The third-order valence-corrected chi connectivity index (χ3v) is 1.65. The van der Waals surface area contributed by atoms with Gasteiger partial charge in [0.1, 0.15) is 6.42 Å². The van der Waals surface area contributed by atoms with Crippen LogP contribution in [0.15, 0.2) is 0 Å². The van der Waals surface area contributed by atoms with E-state index in [-0.39, 0.29) is 0 Å². The first-order valence-corrected chi connectivity index (χ1v) is 3.76. The van der Waals surface area contributed by atoms with Gasteiger partial charge in [0, 0.05) is 0 Å². The van der Waals surface area contributed by atoms with E-state index in [1.54, 1.807) is 0 Å². The van der Waals surface area contributed by atoms with Gasteiger partial charge in [0.2, 0.25) is 0 Å². The fourth-order valence-electron chi connectivity index (χ4n) is 0.322. The highest BCUT2D eigenvalue weighted by atomic mass is 32.2. The van der Waals surface area contributed by atoms with Gasteiger partial charge in [-0.15, -0.1) is 0 Å². The van der Waals surface area contributed by atoms with Crippen LogP contribution in [-0.2, 0) is 10.1 Å². The van der Waals surface area contributed by atoms with E-state index in [0.717, 1.165) is 0 Å². The molecule has 0 aromatic heterocycles. The van der Waals surface area contributed by atoms with Crippen molar-refractivity contribution in [3.8, 4) is 0 Å². The maximum absolute atomic E-state index is 11.8. The van der Waals surface area contributed by atoms with E-state index >= 15 is 0 Å². The van der Waals surface area contributed by atoms with Gasteiger partial charge in [-0.05, 0) is 0 Å². The Morgan fingerprint density at radius 1 is 1.08 bits per heavy atom. The van der Waals surface area contributed by atoms with Crippen LogP contribution in [0, 0.1) is 0 Å². The molecule has 0 saturated carbocycles. The average molecular weight is 213 g/mol. The van der Waals surface area contributed by atoms with Crippen molar-refractivity contribution >= 4 is 10.1 Å². The van der Waals surface area contributed by atoms with E-state index < -0.39 is 28.0 Å². The van der Waals surface area contributed by atoms with Crippen LogP contribution in [0.1, 0.15) is 6.42 Å². The second-order valence-corrected chi connectivity index (χ2v) is 3.39. The van der Waals surface area contributed by atoms with Gasteiger partial charge in [0.15, 0.2) is 10.1 Å². The first kappa shape index (κ1) is 11.6. The van der Waals surface area contributed by atoms with E-state index in [9.17, 15) is 34.9 Å². The Hall–Kier alpha value is -0.440. The number of rotatable bonds is 2. The van der Waals surface area contributed by atoms with Gasteiger partial charge in [-0.3, -0.25) is 0 Å². The number of halogens is 5. The van der Waals surface area contributed by atoms with Gasteiger partial charge in [-0.25, -0.2) is 8.42 Å². The minimum Gasteiger partial charge on any atom is -0.743 e. The summed E-state index contributed by atoms with van der Waals surface area (Å²) in [6.07, 6.45) is -8.34. The summed E-state index contributed by atoms with van der Waals surface area (Å²) in [5.41, 5.74) is 0. The van der Waals surface area contributed by atoms with E-state index in [0.29, 0.717) is 0 Å². The van der Waals surface area contributed by atoms with Crippen LogP contribution in [0.25, 0.3) is 0 Å². The largest absolute Gasteiger partial charge is 0.743 e. The van der Waals surface area contributed by atoms with Crippen molar-refractivity contribution in [3.63, 3.8) is 0 Å². The second kappa shape index (κ2) is 2.80. The molecule has 0 atom stereocenters. The van der Waals surface area contributed by atoms with Crippen LogP contribution in [0.2, 0.25) is 0 Å². The fourth-order valence-corrected chi connectivity index (χ4v) is 0.662. The van der Waals surface area contributed by atoms with Gasteiger partial charge < -0.3 is 4.55 Å². The van der Waals surface area contributed by atoms with Crippen molar-refractivity contribution in [2.75, 3.05) is 0 Å². The summed E-state index contributed by atoms with van der Waals surface area (Å²) in [5.74, 6) is 0. The summed E-state index contributed by atoms with van der Waals surface area (Å²) in [7, 11) is -6.24. The Balaban J connectivity index is 4.68. The van der Waals surface area contributed by atoms with Crippen LogP contribution in [-0.4, -0.2) is 24.4 Å². The van der Waals surface area contributed by atoms with Gasteiger partial charge in [0.05, 0.1) is 0 Å². The molecule has 0 bridgehead atoms. The van der Waals surface area contributed by atoms with Crippen LogP contribution in [0.3, 0.4) is 0 Å². The second-order valence-electron chi connectivity index (χ2n) is 1.88. The summed E-state index contributed by atoms with van der Waals surface area (Å²) in [6, 6.07) is 0. The zero-order valence-corrected chi connectivity index (χ0v) is 6.05. The molecule has 3 nitrogen and oxygen atoms in total. The lowest BCUT2D eigenvalue weighted by molar-refractivity contribution is -0.168. The monoisotopic (exact) mass is 213 g/mol. The van der Waals surface area contributed by atoms with Crippen molar-refractivity contribution in [2.45, 2.75) is 17.9 Å². The number of hydrogen-bond acceptors (Lipinski definition) is 3. The first-order valence-electron chi connectivity index (χ1n) is 2.36. The van der Waals surface area contributed by atoms with E-state index in [2.05, 4.69) is 0 Å². The lowest BCUT2D eigenvalue weighted by Crippen LogP contribution is -2.34. The molecule has 0 aliphatic heterocycles. The van der Waals surface area contributed by atoms with Crippen molar-refractivity contribution in [1.82, 2.24) is 0 Å². The van der Waals surface area contributed by atoms with Crippen molar-refractivity contribution in [1.29, 1.82) is 0 Å². The third kappa shape index (κ3) is 3.30. The highest BCUT2D eigenvalue weighted by molar-refractivity contribution is 7.86. The maximum Gasteiger partial charge on any atom is 0.395 e. The molecule has 0 aliphatic carbocycles. The quantitative estimate of drug-likeness (QED) is 0.509. The summed E-state index contributed by atoms with van der Waals surface area (Å²) >= 11 is 0. The lowest BCUT2D eigenvalue weighted by Gasteiger charge is -2.20. The predicted octanol–water partition coefficient (Wildman–Crippen LogP) is 1.08. The Morgan fingerprint density at radius 3 is 1.50 bits per heavy atom. The van der Waals surface area contributed by atoms with Crippen molar-refractivity contribution in [2.24, 2.45) is 0 Å². The molecular formula is C3H2F5O3S-. The van der Waals surface area contributed by atoms with E-state index in [1.807, 2.05) is 0 Å². The van der Waals surface area contributed by atoms with Crippen molar-refractivity contribution < 1.29 is 34.9 Å². The first-order chi connectivity index (χ1) is 4.96. The summed E-state index contributed by atoms with van der Waals surface area (Å²) < 4.78 is 85.8. The Morgan fingerprint density at radius 2 is 1.42 bits per heavy atom. The molecule has 0 fully saturated rings. The predicted molar refractivity (Wildman–Crippen MR) is 25.3 cm³/mol. The van der Waals surface area contributed by atoms with Gasteiger partial charge in [-0.2, -0.15) is 22.0 Å². The minimum absolute atomic E-state index is 2.95. The highest BCUT2D eigenvalue weighted by Crippen LogP contribution is 2.34. The molecule has 0 heterocycles. The molecule has 74 valence electrons. The maximum atomic E-state index is 11.8. The smallest absolute Gasteiger partial charge is 0.395 e. The highest BCUT2D eigenvalue weighted by Gasteiger charge is 2.48. The number of hydrogen-bond donors (Lipinski definition) is 0. The van der Waals surface area contributed by atoms with Crippen LogP contribution >= 0.6 is 0 Å². The summed E-state index contributed by atoms with van der Waals surface area (Å²) in [4.78, 5) is 0. The van der Waals surface area contributed by atoms with Gasteiger partial charge >= 0.3 is 11.4 Å².